The van der Waals surface area contributed by atoms with E-state index in [0.717, 1.165) is 31.7 Å². The molecule has 5 nitrogen and oxygen atoms in total. The second-order valence-electron chi connectivity index (χ2n) is 5.14. The summed E-state index contributed by atoms with van der Waals surface area (Å²) in [5, 5.41) is 17.2. The number of carbonyl (C=O) groups is 1. The van der Waals surface area contributed by atoms with Crippen molar-refractivity contribution in [2.75, 3.05) is 18.0 Å². The quantitative estimate of drug-likeness (QED) is 0.919. The van der Waals surface area contributed by atoms with Gasteiger partial charge in [-0.05, 0) is 36.8 Å². The lowest BCUT2D eigenvalue weighted by Gasteiger charge is -2.35. The van der Waals surface area contributed by atoms with Crippen molar-refractivity contribution in [3.8, 4) is 0 Å². The molecule has 2 unspecified atom stereocenters. The molecule has 6 heteroatoms. The number of aliphatic carboxylic acids is 1. The van der Waals surface area contributed by atoms with Gasteiger partial charge in [-0.15, -0.1) is 10.2 Å². The predicted molar refractivity (Wildman–Crippen MR) is 73.4 cm³/mol. The standard InChI is InChI=1S/C13H18ClN3O2/c1-9(7-13(18)19)10-3-2-6-17(8-10)12-5-4-11(14)15-16-12/h4-5,9-10H,2-3,6-8H2,1H3,(H,18,19). The maximum atomic E-state index is 10.8. The van der Waals surface area contributed by atoms with E-state index in [-0.39, 0.29) is 12.3 Å². The summed E-state index contributed by atoms with van der Waals surface area (Å²) in [6.45, 7) is 3.78. The van der Waals surface area contributed by atoms with Gasteiger partial charge in [-0.2, -0.15) is 0 Å². The number of rotatable bonds is 4. The monoisotopic (exact) mass is 283 g/mol. The molecule has 1 aliphatic heterocycles. The van der Waals surface area contributed by atoms with Gasteiger partial charge >= 0.3 is 5.97 Å². The Hall–Kier alpha value is -1.36. The van der Waals surface area contributed by atoms with Gasteiger partial charge in [-0.3, -0.25) is 4.79 Å². The summed E-state index contributed by atoms with van der Waals surface area (Å²) in [5.74, 6) is 0.662. The third kappa shape index (κ3) is 3.80. The lowest BCUT2D eigenvalue weighted by atomic mass is 9.85. The zero-order valence-electron chi connectivity index (χ0n) is 10.9. The van der Waals surface area contributed by atoms with Crippen LogP contribution in [0.3, 0.4) is 0 Å². The highest BCUT2D eigenvalue weighted by Gasteiger charge is 2.26. The zero-order chi connectivity index (χ0) is 13.8. The molecule has 2 heterocycles. The van der Waals surface area contributed by atoms with Gasteiger partial charge in [-0.1, -0.05) is 18.5 Å². The smallest absolute Gasteiger partial charge is 0.303 e. The Balaban J connectivity index is 2.00. The normalized spacial score (nSPS) is 21.2. The van der Waals surface area contributed by atoms with E-state index in [1.165, 1.54) is 0 Å². The Morgan fingerprint density at radius 2 is 2.37 bits per heavy atom. The van der Waals surface area contributed by atoms with Gasteiger partial charge in [0.15, 0.2) is 11.0 Å². The van der Waals surface area contributed by atoms with Crippen molar-refractivity contribution in [2.45, 2.75) is 26.2 Å². The van der Waals surface area contributed by atoms with E-state index in [4.69, 9.17) is 16.7 Å². The van der Waals surface area contributed by atoms with Crippen LogP contribution in [0.2, 0.25) is 5.15 Å². The second kappa shape index (κ2) is 6.19. The van der Waals surface area contributed by atoms with Crippen molar-refractivity contribution >= 4 is 23.4 Å². The first-order chi connectivity index (χ1) is 9.06. The van der Waals surface area contributed by atoms with E-state index < -0.39 is 5.97 Å². The highest BCUT2D eigenvalue weighted by molar-refractivity contribution is 6.29. The van der Waals surface area contributed by atoms with Crippen LogP contribution in [-0.2, 0) is 4.79 Å². The number of hydrogen-bond acceptors (Lipinski definition) is 4. The number of carboxylic acids is 1. The lowest BCUT2D eigenvalue weighted by Crippen LogP contribution is -2.38. The molecule has 0 aromatic carbocycles. The van der Waals surface area contributed by atoms with E-state index in [2.05, 4.69) is 15.1 Å². The lowest BCUT2D eigenvalue weighted by molar-refractivity contribution is -0.138. The zero-order valence-corrected chi connectivity index (χ0v) is 11.7. The molecule has 1 aromatic rings. The number of nitrogens with zero attached hydrogens (tertiary/aromatic N) is 3. The van der Waals surface area contributed by atoms with Crippen LogP contribution >= 0.6 is 11.6 Å². The first kappa shape index (κ1) is 14.1. The minimum atomic E-state index is -0.726. The number of halogens is 1. The predicted octanol–water partition coefficient (Wildman–Crippen LogP) is 2.46. The summed E-state index contributed by atoms with van der Waals surface area (Å²) in [4.78, 5) is 13.0. The molecule has 0 radical (unpaired) electrons. The minimum absolute atomic E-state index is 0.181. The average molecular weight is 284 g/mol. The van der Waals surface area contributed by atoms with Crippen LogP contribution in [-0.4, -0.2) is 34.4 Å². The number of piperidine rings is 1. The molecule has 0 bridgehead atoms. The van der Waals surface area contributed by atoms with Gasteiger partial charge in [0.25, 0.3) is 0 Å². The Bertz CT molecular complexity index is 438. The van der Waals surface area contributed by atoms with Crippen LogP contribution in [0.25, 0.3) is 0 Å². The summed E-state index contributed by atoms with van der Waals surface area (Å²) < 4.78 is 0. The molecule has 19 heavy (non-hydrogen) atoms. The Kier molecular flexibility index (Phi) is 4.58. The molecule has 0 spiro atoms. The summed E-state index contributed by atoms with van der Waals surface area (Å²) in [5.41, 5.74) is 0. The summed E-state index contributed by atoms with van der Waals surface area (Å²) in [6.07, 6.45) is 2.36. The van der Waals surface area contributed by atoms with Crippen LogP contribution in [0.15, 0.2) is 12.1 Å². The molecular weight excluding hydrogens is 266 g/mol. The first-order valence-electron chi connectivity index (χ1n) is 6.52. The van der Waals surface area contributed by atoms with Gasteiger partial charge < -0.3 is 10.0 Å². The third-order valence-electron chi connectivity index (χ3n) is 3.70. The van der Waals surface area contributed by atoms with Gasteiger partial charge in [0.05, 0.1) is 0 Å². The number of carboxylic acid groups (broad SMARTS) is 1. The van der Waals surface area contributed by atoms with Crippen LogP contribution in [0, 0.1) is 11.8 Å². The fraction of sp³-hybridized carbons (Fsp3) is 0.615. The fourth-order valence-electron chi connectivity index (χ4n) is 2.60. The molecule has 1 aromatic heterocycles. The van der Waals surface area contributed by atoms with Crippen LogP contribution in [0.5, 0.6) is 0 Å². The number of hydrogen-bond donors (Lipinski definition) is 1. The molecule has 0 aliphatic carbocycles. The highest BCUT2D eigenvalue weighted by Crippen LogP contribution is 2.28. The minimum Gasteiger partial charge on any atom is -0.481 e. The molecule has 0 amide bonds. The third-order valence-corrected chi connectivity index (χ3v) is 3.90. The summed E-state index contributed by atoms with van der Waals surface area (Å²) in [7, 11) is 0. The molecule has 2 rings (SSSR count). The second-order valence-corrected chi connectivity index (χ2v) is 5.52. The Morgan fingerprint density at radius 3 is 3.00 bits per heavy atom. The van der Waals surface area contributed by atoms with Crippen molar-refractivity contribution in [3.63, 3.8) is 0 Å². The SMILES string of the molecule is CC(CC(=O)O)C1CCCN(c2ccc(Cl)nn2)C1. The maximum Gasteiger partial charge on any atom is 0.303 e. The molecule has 1 aliphatic rings. The van der Waals surface area contributed by atoms with E-state index in [0.29, 0.717) is 11.1 Å². The topological polar surface area (TPSA) is 66.3 Å². The molecule has 104 valence electrons. The van der Waals surface area contributed by atoms with Gasteiger partial charge in [0.2, 0.25) is 0 Å². The molecule has 1 saturated heterocycles. The fourth-order valence-corrected chi connectivity index (χ4v) is 2.70. The molecule has 1 N–H and O–H groups in total. The van der Waals surface area contributed by atoms with Crippen molar-refractivity contribution in [1.82, 2.24) is 10.2 Å². The van der Waals surface area contributed by atoms with Crippen LogP contribution in [0.4, 0.5) is 5.82 Å². The van der Waals surface area contributed by atoms with E-state index >= 15 is 0 Å². The molecular formula is C13H18ClN3O2. The van der Waals surface area contributed by atoms with E-state index in [1.807, 2.05) is 13.0 Å². The highest BCUT2D eigenvalue weighted by atomic mass is 35.5. The van der Waals surface area contributed by atoms with Crippen molar-refractivity contribution in [2.24, 2.45) is 11.8 Å². The Morgan fingerprint density at radius 1 is 1.58 bits per heavy atom. The number of aromatic nitrogens is 2. The molecule has 0 saturated carbocycles. The van der Waals surface area contributed by atoms with E-state index in [1.54, 1.807) is 6.07 Å². The molecule has 1 fully saturated rings. The van der Waals surface area contributed by atoms with Gasteiger partial charge in [0, 0.05) is 19.5 Å². The van der Waals surface area contributed by atoms with Crippen molar-refractivity contribution in [3.05, 3.63) is 17.3 Å². The van der Waals surface area contributed by atoms with Crippen LogP contribution in [0.1, 0.15) is 26.2 Å². The summed E-state index contributed by atoms with van der Waals surface area (Å²) in [6, 6.07) is 3.59. The first-order valence-corrected chi connectivity index (χ1v) is 6.90. The average Bonchev–Trinajstić information content (AvgIpc) is 2.39. The van der Waals surface area contributed by atoms with Gasteiger partial charge in [0.1, 0.15) is 0 Å². The van der Waals surface area contributed by atoms with Crippen molar-refractivity contribution in [1.29, 1.82) is 0 Å². The number of anilines is 1. The maximum absolute atomic E-state index is 10.8. The molecule has 2 atom stereocenters. The van der Waals surface area contributed by atoms with Gasteiger partial charge in [-0.25, -0.2) is 0 Å². The largest absolute Gasteiger partial charge is 0.481 e. The van der Waals surface area contributed by atoms with E-state index in [9.17, 15) is 4.79 Å². The van der Waals surface area contributed by atoms with Crippen molar-refractivity contribution < 1.29 is 9.90 Å². The Labute approximate surface area is 117 Å². The summed E-state index contributed by atoms with van der Waals surface area (Å²) >= 11 is 5.73. The van der Waals surface area contributed by atoms with Crippen LogP contribution < -0.4 is 4.90 Å².